The molecular formula is C15H33B. The van der Waals surface area contributed by atoms with Crippen LogP contribution in [0.15, 0.2) is 0 Å². The van der Waals surface area contributed by atoms with Crippen LogP contribution in [0.1, 0.15) is 81.6 Å². The van der Waals surface area contributed by atoms with E-state index in [-0.39, 0.29) is 0 Å². The van der Waals surface area contributed by atoms with Crippen LogP contribution in [0.3, 0.4) is 0 Å². The second kappa shape index (κ2) is 5.15. The SMILES string of the molecule is CCC(C)(C)B(C(C)(C)CC)C(C)(C)CC. The Morgan fingerprint density at radius 2 is 0.750 bits per heavy atom. The Morgan fingerprint density at radius 3 is 0.875 bits per heavy atom. The Hall–Kier alpha value is 0.0649. The van der Waals surface area contributed by atoms with Gasteiger partial charge in [0.05, 0.1) is 0 Å². The lowest BCUT2D eigenvalue weighted by Crippen LogP contribution is -2.45. The molecule has 0 aliphatic carbocycles. The van der Waals surface area contributed by atoms with Gasteiger partial charge in [0, 0.05) is 0 Å². The van der Waals surface area contributed by atoms with E-state index in [4.69, 9.17) is 0 Å². The van der Waals surface area contributed by atoms with Crippen molar-refractivity contribution in [1.29, 1.82) is 0 Å². The molecule has 0 nitrogen and oxygen atoms in total. The minimum absolute atomic E-state index is 0.430. The van der Waals surface area contributed by atoms with Gasteiger partial charge in [0.1, 0.15) is 0 Å². The van der Waals surface area contributed by atoms with Crippen molar-refractivity contribution in [1.82, 2.24) is 0 Å². The first-order chi connectivity index (χ1) is 7.05. The van der Waals surface area contributed by atoms with Crippen LogP contribution in [0.4, 0.5) is 0 Å². The van der Waals surface area contributed by atoms with Gasteiger partial charge in [-0.05, 0) is 0 Å². The highest BCUT2D eigenvalue weighted by Crippen LogP contribution is 2.57. The van der Waals surface area contributed by atoms with Gasteiger partial charge in [-0.3, -0.25) is 0 Å². The average Bonchev–Trinajstić information content (AvgIpc) is 2.16. The largest absolute Gasteiger partial charge is 0.157 e. The van der Waals surface area contributed by atoms with Gasteiger partial charge in [-0.2, -0.15) is 0 Å². The van der Waals surface area contributed by atoms with E-state index in [9.17, 15) is 0 Å². The van der Waals surface area contributed by atoms with Gasteiger partial charge < -0.3 is 0 Å². The van der Waals surface area contributed by atoms with Crippen LogP contribution in [0.5, 0.6) is 0 Å². The average molecular weight is 224 g/mol. The van der Waals surface area contributed by atoms with Crippen LogP contribution in [-0.2, 0) is 0 Å². The summed E-state index contributed by atoms with van der Waals surface area (Å²) in [4.78, 5) is 0. The molecule has 0 aliphatic rings. The molecule has 0 atom stereocenters. The van der Waals surface area contributed by atoms with Gasteiger partial charge in [0.2, 0.25) is 0 Å². The summed E-state index contributed by atoms with van der Waals surface area (Å²) in [6, 6.07) is 0. The molecule has 0 fully saturated rings. The molecule has 0 aromatic heterocycles. The van der Waals surface area contributed by atoms with Crippen LogP contribution in [-0.4, -0.2) is 6.71 Å². The van der Waals surface area contributed by atoms with Crippen molar-refractivity contribution >= 4 is 6.71 Å². The summed E-state index contributed by atoms with van der Waals surface area (Å²) >= 11 is 0. The monoisotopic (exact) mass is 224 g/mol. The molecule has 0 heterocycles. The van der Waals surface area contributed by atoms with Gasteiger partial charge in [0.15, 0.2) is 6.71 Å². The molecule has 0 aliphatic heterocycles. The smallest absolute Gasteiger partial charge is 0.0664 e. The van der Waals surface area contributed by atoms with E-state index in [0.717, 1.165) is 6.71 Å². The summed E-state index contributed by atoms with van der Waals surface area (Å²) in [5.74, 6) is 0. The van der Waals surface area contributed by atoms with Crippen LogP contribution in [0.2, 0.25) is 15.9 Å². The maximum Gasteiger partial charge on any atom is 0.157 e. The Kier molecular flexibility index (Phi) is 5.17. The molecule has 96 valence electrons. The Labute approximate surface area is 105 Å². The molecule has 0 spiro atoms. The maximum atomic E-state index is 2.45. The summed E-state index contributed by atoms with van der Waals surface area (Å²) < 4.78 is 0. The fourth-order valence-electron chi connectivity index (χ4n) is 3.79. The van der Waals surface area contributed by atoms with Crippen molar-refractivity contribution in [2.75, 3.05) is 0 Å². The van der Waals surface area contributed by atoms with Gasteiger partial charge in [-0.15, -0.1) is 0 Å². The fourth-order valence-corrected chi connectivity index (χ4v) is 3.79. The third kappa shape index (κ3) is 3.28. The predicted molar refractivity (Wildman–Crippen MR) is 78.8 cm³/mol. The molecule has 0 rings (SSSR count). The zero-order valence-corrected chi connectivity index (χ0v) is 13.2. The van der Waals surface area contributed by atoms with E-state index >= 15 is 0 Å². The molecule has 0 N–H and O–H groups in total. The molecule has 0 bridgehead atoms. The van der Waals surface area contributed by atoms with Crippen molar-refractivity contribution in [2.45, 2.75) is 97.5 Å². The van der Waals surface area contributed by atoms with Gasteiger partial charge in [-0.25, -0.2) is 0 Å². The van der Waals surface area contributed by atoms with Crippen molar-refractivity contribution in [3.63, 3.8) is 0 Å². The molecule has 0 aromatic carbocycles. The van der Waals surface area contributed by atoms with E-state index < -0.39 is 0 Å². The van der Waals surface area contributed by atoms with Crippen molar-refractivity contribution in [3.8, 4) is 0 Å². The molecule has 0 aromatic rings. The lowest BCUT2D eigenvalue weighted by Gasteiger charge is -2.50. The molecule has 16 heavy (non-hydrogen) atoms. The summed E-state index contributed by atoms with van der Waals surface area (Å²) in [5.41, 5.74) is 0. The van der Waals surface area contributed by atoms with Crippen LogP contribution < -0.4 is 0 Å². The van der Waals surface area contributed by atoms with E-state index in [1.807, 2.05) is 0 Å². The molecular weight excluding hydrogens is 191 g/mol. The molecule has 1 heteroatoms. The van der Waals surface area contributed by atoms with Gasteiger partial charge >= 0.3 is 0 Å². The van der Waals surface area contributed by atoms with Crippen molar-refractivity contribution in [2.24, 2.45) is 0 Å². The Bertz CT molecular complexity index is 175. The minimum Gasteiger partial charge on any atom is -0.0664 e. The van der Waals surface area contributed by atoms with E-state index in [1.54, 1.807) is 0 Å². The van der Waals surface area contributed by atoms with E-state index in [1.165, 1.54) is 19.3 Å². The second-order valence-electron chi connectivity index (χ2n) is 7.46. The highest BCUT2D eigenvalue weighted by atomic mass is 14.3. The topological polar surface area (TPSA) is 0 Å². The van der Waals surface area contributed by atoms with E-state index in [2.05, 4.69) is 62.3 Å². The van der Waals surface area contributed by atoms with Gasteiger partial charge in [-0.1, -0.05) is 97.5 Å². The third-order valence-corrected chi connectivity index (χ3v) is 5.08. The van der Waals surface area contributed by atoms with E-state index in [0.29, 0.717) is 15.9 Å². The summed E-state index contributed by atoms with van der Waals surface area (Å²) in [6.45, 7) is 22.5. The molecule has 0 amide bonds. The zero-order valence-electron chi connectivity index (χ0n) is 13.2. The molecule has 0 saturated heterocycles. The first-order valence-corrected chi connectivity index (χ1v) is 7.05. The molecule has 0 radical (unpaired) electrons. The Balaban J connectivity index is 5.40. The van der Waals surface area contributed by atoms with Crippen LogP contribution in [0, 0.1) is 0 Å². The van der Waals surface area contributed by atoms with Crippen molar-refractivity contribution in [3.05, 3.63) is 0 Å². The molecule has 0 unspecified atom stereocenters. The Morgan fingerprint density at radius 1 is 0.562 bits per heavy atom. The number of hydrogen-bond acceptors (Lipinski definition) is 0. The minimum atomic E-state index is 0.430. The lowest BCUT2D eigenvalue weighted by molar-refractivity contribution is 0.482. The first kappa shape index (κ1) is 16.1. The summed E-state index contributed by atoms with van der Waals surface area (Å²) in [6.07, 6.45) is 3.81. The number of rotatable bonds is 6. The zero-order chi connectivity index (χ0) is 13.2. The highest BCUT2D eigenvalue weighted by molar-refractivity contribution is 6.68. The standard InChI is InChI=1S/C15H33B/c1-10-13(4,5)16(14(6,7)11-2)15(8,9)12-3/h10-12H2,1-9H3. The van der Waals surface area contributed by atoms with Crippen molar-refractivity contribution < 1.29 is 0 Å². The first-order valence-electron chi connectivity index (χ1n) is 7.05. The quantitative estimate of drug-likeness (QED) is 0.481. The van der Waals surface area contributed by atoms with Crippen LogP contribution in [0.25, 0.3) is 0 Å². The molecule has 0 saturated carbocycles. The van der Waals surface area contributed by atoms with Gasteiger partial charge in [0.25, 0.3) is 0 Å². The predicted octanol–water partition coefficient (Wildman–Crippen LogP) is 6.05. The fraction of sp³-hybridized carbons (Fsp3) is 1.00. The summed E-state index contributed by atoms with van der Waals surface area (Å²) in [7, 11) is 0. The highest BCUT2D eigenvalue weighted by Gasteiger charge is 2.49. The normalized spacial score (nSPS) is 14.1. The second-order valence-corrected chi connectivity index (χ2v) is 7.46. The number of hydrogen-bond donors (Lipinski definition) is 0. The lowest BCUT2D eigenvalue weighted by atomic mass is 9.14. The third-order valence-electron chi connectivity index (χ3n) is 5.08. The summed E-state index contributed by atoms with van der Waals surface area (Å²) in [5, 5.41) is 1.29. The van der Waals surface area contributed by atoms with Crippen LogP contribution >= 0.6 is 0 Å². The maximum absolute atomic E-state index is 2.45.